The smallest absolute Gasteiger partial charge is 0.343 e. The van der Waals surface area contributed by atoms with E-state index >= 15 is 0 Å². The van der Waals surface area contributed by atoms with Crippen molar-refractivity contribution >= 4 is 17.9 Å². The molecule has 0 radical (unpaired) electrons. The summed E-state index contributed by atoms with van der Waals surface area (Å²) in [6, 6.07) is 25.7. The van der Waals surface area contributed by atoms with E-state index in [4.69, 9.17) is 14.2 Å². The number of halogens is 1. The molecule has 0 fully saturated rings. The first-order valence-electron chi connectivity index (χ1n) is 13.1. The molecule has 0 aliphatic heterocycles. The summed E-state index contributed by atoms with van der Waals surface area (Å²) in [7, 11) is 0. The fourth-order valence-electron chi connectivity index (χ4n) is 3.89. The van der Waals surface area contributed by atoms with Gasteiger partial charge in [0.2, 0.25) is 0 Å². The van der Waals surface area contributed by atoms with Gasteiger partial charge >= 0.3 is 17.9 Å². The number of carbonyl (C=O) groups excluding carboxylic acids is 3. The summed E-state index contributed by atoms with van der Waals surface area (Å²) in [5.74, 6) is -1.61. The zero-order valence-electron chi connectivity index (χ0n) is 23.3. The Morgan fingerprint density at radius 1 is 0.643 bits per heavy atom. The van der Waals surface area contributed by atoms with E-state index in [9.17, 15) is 18.8 Å². The van der Waals surface area contributed by atoms with Gasteiger partial charge < -0.3 is 14.2 Å². The van der Waals surface area contributed by atoms with E-state index in [1.807, 2.05) is 36.4 Å². The predicted octanol–water partition coefficient (Wildman–Crippen LogP) is 7.62. The monoisotopic (exact) mass is 564 g/mol. The second-order valence-corrected chi connectivity index (χ2v) is 9.72. The molecule has 0 spiro atoms. The Labute approximate surface area is 243 Å². The van der Waals surface area contributed by atoms with E-state index in [1.54, 1.807) is 62.4 Å². The lowest BCUT2D eigenvalue weighted by Crippen LogP contribution is -2.08. The Hall–Kier alpha value is -5.30. The van der Waals surface area contributed by atoms with Gasteiger partial charge in [-0.05, 0) is 72.0 Å². The van der Waals surface area contributed by atoms with Crippen molar-refractivity contribution in [1.82, 2.24) is 0 Å². The average molecular weight is 565 g/mol. The maximum absolute atomic E-state index is 14.8. The highest BCUT2D eigenvalue weighted by Crippen LogP contribution is 2.26. The first kappa shape index (κ1) is 29.7. The quantitative estimate of drug-likeness (QED) is 0.112. The molecule has 0 amide bonds. The molecule has 0 aliphatic carbocycles. The third kappa shape index (κ3) is 7.67. The molecular weight excluding hydrogens is 535 g/mol. The Morgan fingerprint density at radius 3 is 1.64 bits per heavy atom. The fraction of sp³-hybridized carbons (Fsp3) is 0.114. The number of hydrogen-bond donors (Lipinski definition) is 0. The largest absolute Gasteiger partial charge is 0.457 e. The molecule has 0 heterocycles. The van der Waals surface area contributed by atoms with Crippen molar-refractivity contribution in [2.24, 2.45) is 0 Å². The Balaban J connectivity index is 1.34. The summed E-state index contributed by atoms with van der Waals surface area (Å²) in [6.07, 6.45) is 0. The van der Waals surface area contributed by atoms with Crippen molar-refractivity contribution in [3.63, 3.8) is 0 Å². The second-order valence-electron chi connectivity index (χ2n) is 9.72. The van der Waals surface area contributed by atoms with Gasteiger partial charge in [0.1, 0.15) is 24.8 Å². The highest BCUT2D eigenvalue weighted by molar-refractivity contribution is 5.92. The van der Waals surface area contributed by atoms with Crippen LogP contribution in [0.5, 0.6) is 5.75 Å². The van der Waals surface area contributed by atoms with Crippen LogP contribution in [0.4, 0.5) is 4.39 Å². The third-order valence-electron chi connectivity index (χ3n) is 6.25. The SMILES string of the molecule is C=C(C)C(=O)OCc1ccc(-c2ccc(OC(=O)c3ccc(-c4ccc(COC(=O)C(=C)C)cc4F)cc3)cc2)cc1. The molecule has 4 aromatic carbocycles. The summed E-state index contributed by atoms with van der Waals surface area (Å²) >= 11 is 0. The molecule has 42 heavy (non-hydrogen) atoms. The highest BCUT2D eigenvalue weighted by Gasteiger charge is 2.12. The van der Waals surface area contributed by atoms with Crippen LogP contribution < -0.4 is 4.74 Å². The minimum atomic E-state index is -0.543. The second kappa shape index (κ2) is 13.4. The normalized spacial score (nSPS) is 10.5. The first-order chi connectivity index (χ1) is 20.1. The van der Waals surface area contributed by atoms with Gasteiger partial charge in [0.15, 0.2) is 0 Å². The van der Waals surface area contributed by atoms with E-state index in [0.29, 0.717) is 33.6 Å². The molecule has 0 saturated heterocycles. The summed E-state index contributed by atoms with van der Waals surface area (Å²) in [6.45, 7) is 10.3. The number of rotatable bonds is 10. The third-order valence-corrected chi connectivity index (χ3v) is 6.25. The molecule has 7 heteroatoms. The van der Waals surface area contributed by atoms with E-state index in [1.165, 1.54) is 6.07 Å². The Bertz CT molecular complexity index is 1630. The van der Waals surface area contributed by atoms with Crippen molar-refractivity contribution in [3.05, 3.63) is 138 Å². The Kier molecular flexibility index (Phi) is 9.45. The highest BCUT2D eigenvalue weighted by atomic mass is 19.1. The van der Waals surface area contributed by atoms with Crippen LogP contribution in [0, 0.1) is 5.82 Å². The molecule has 4 rings (SSSR count). The molecule has 4 aromatic rings. The van der Waals surface area contributed by atoms with Crippen LogP contribution in [-0.2, 0) is 32.3 Å². The maximum Gasteiger partial charge on any atom is 0.343 e. The topological polar surface area (TPSA) is 78.9 Å². The number of ether oxygens (including phenoxy) is 3. The average Bonchev–Trinajstić information content (AvgIpc) is 2.99. The molecule has 0 aliphatic rings. The zero-order chi connectivity index (χ0) is 30.2. The molecule has 212 valence electrons. The summed E-state index contributed by atoms with van der Waals surface area (Å²) in [5, 5.41) is 0. The first-order valence-corrected chi connectivity index (χ1v) is 13.1. The Morgan fingerprint density at radius 2 is 1.12 bits per heavy atom. The van der Waals surface area contributed by atoms with Crippen LogP contribution in [0.2, 0.25) is 0 Å². The van der Waals surface area contributed by atoms with Gasteiger partial charge in [0.25, 0.3) is 0 Å². The molecule has 0 bridgehead atoms. The van der Waals surface area contributed by atoms with Gasteiger partial charge in [-0.3, -0.25) is 0 Å². The van der Waals surface area contributed by atoms with Gasteiger partial charge in [-0.2, -0.15) is 0 Å². The van der Waals surface area contributed by atoms with E-state index in [-0.39, 0.29) is 18.8 Å². The summed E-state index contributed by atoms with van der Waals surface area (Å²) in [5.41, 5.74) is 5.10. The predicted molar refractivity (Wildman–Crippen MR) is 158 cm³/mol. The van der Waals surface area contributed by atoms with Crippen LogP contribution in [0.25, 0.3) is 22.3 Å². The molecule has 0 saturated carbocycles. The molecule has 0 aromatic heterocycles. The van der Waals surface area contributed by atoms with Crippen LogP contribution in [0.1, 0.15) is 35.3 Å². The van der Waals surface area contributed by atoms with Crippen molar-refractivity contribution in [3.8, 4) is 28.0 Å². The van der Waals surface area contributed by atoms with Gasteiger partial charge in [-0.15, -0.1) is 0 Å². The van der Waals surface area contributed by atoms with Crippen LogP contribution in [-0.4, -0.2) is 17.9 Å². The van der Waals surface area contributed by atoms with E-state index in [2.05, 4.69) is 13.2 Å². The van der Waals surface area contributed by atoms with Crippen molar-refractivity contribution in [2.45, 2.75) is 27.1 Å². The molecular formula is C35H29FO6. The van der Waals surface area contributed by atoms with Crippen LogP contribution >= 0.6 is 0 Å². The minimum absolute atomic E-state index is 0.0598. The van der Waals surface area contributed by atoms with Crippen LogP contribution in [0.15, 0.2) is 115 Å². The van der Waals surface area contributed by atoms with Crippen molar-refractivity contribution in [1.29, 1.82) is 0 Å². The fourth-order valence-corrected chi connectivity index (χ4v) is 3.89. The molecule has 0 atom stereocenters. The van der Waals surface area contributed by atoms with Crippen molar-refractivity contribution in [2.75, 3.05) is 0 Å². The van der Waals surface area contributed by atoms with Gasteiger partial charge in [-0.25, -0.2) is 18.8 Å². The number of esters is 3. The van der Waals surface area contributed by atoms with Crippen molar-refractivity contribution < 1.29 is 33.0 Å². The lowest BCUT2D eigenvalue weighted by molar-refractivity contribution is -0.141. The minimum Gasteiger partial charge on any atom is -0.457 e. The number of benzene rings is 4. The van der Waals surface area contributed by atoms with Gasteiger partial charge in [0, 0.05) is 16.7 Å². The molecule has 0 unspecified atom stereocenters. The lowest BCUT2D eigenvalue weighted by Gasteiger charge is -2.09. The molecule has 0 N–H and O–H groups in total. The number of hydrogen-bond acceptors (Lipinski definition) is 6. The van der Waals surface area contributed by atoms with Gasteiger partial charge in [0.05, 0.1) is 5.56 Å². The maximum atomic E-state index is 14.8. The number of carbonyl (C=O) groups is 3. The summed E-state index contributed by atoms with van der Waals surface area (Å²) in [4.78, 5) is 35.8. The molecule has 6 nitrogen and oxygen atoms in total. The van der Waals surface area contributed by atoms with E-state index < -0.39 is 23.7 Å². The van der Waals surface area contributed by atoms with Crippen LogP contribution in [0.3, 0.4) is 0 Å². The standard InChI is InChI=1S/C35H29FO6/c1-22(2)33(37)40-20-24-5-8-26(9-6-24)27-14-16-30(17-15-27)42-35(39)29-12-10-28(11-13-29)31-18-7-25(19-32(31)36)21-41-34(38)23(3)4/h5-19H,1,3,20-21H2,2,4H3. The lowest BCUT2D eigenvalue weighted by atomic mass is 10.0. The van der Waals surface area contributed by atoms with Gasteiger partial charge in [-0.1, -0.05) is 73.8 Å². The van der Waals surface area contributed by atoms with E-state index in [0.717, 1.165) is 16.7 Å². The summed E-state index contributed by atoms with van der Waals surface area (Å²) < 4.78 is 30.5. The zero-order valence-corrected chi connectivity index (χ0v) is 23.3.